The molecule has 4 rings (SSSR count). The zero-order valence-corrected chi connectivity index (χ0v) is 17.3. The first-order chi connectivity index (χ1) is 15.5. The second kappa shape index (κ2) is 9.16. The highest BCUT2D eigenvalue weighted by molar-refractivity contribution is 5.73. The van der Waals surface area contributed by atoms with E-state index < -0.39 is 12.1 Å². The molecule has 0 saturated carbocycles. The number of hydrogen-bond donors (Lipinski definition) is 3. The van der Waals surface area contributed by atoms with Crippen LogP contribution in [0.15, 0.2) is 50.3 Å². The minimum Gasteiger partial charge on any atom is -0.475 e. The molecular weight excluding hydrogens is 447 g/mol. The van der Waals surface area contributed by atoms with Gasteiger partial charge >= 0.3 is 17.8 Å². The lowest BCUT2D eigenvalue weighted by Crippen LogP contribution is -2.21. The molecule has 3 aromatic heterocycles. The van der Waals surface area contributed by atoms with E-state index in [0.717, 1.165) is 22.5 Å². The summed E-state index contributed by atoms with van der Waals surface area (Å²) in [7, 11) is 0. The first-order valence-electron chi connectivity index (χ1n) is 9.32. The first-order valence-corrected chi connectivity index (χ1v) is 9.32. The summed E-state index contributed by atoms with van der Waals surface area (Å²) >= 11 is 0. The molecule has 1 aromatic carbocycles. The fourth-order valence-electron chi connectivity index (χ4n) is 2.83. The Morgan fingerprint density at radius 2 is 1.88 bits per heavy atom. The Morgan fingerprint density at radius 3 is 2.36 bits per heavy atom. The fourth-order valence-corrected chi connectivity index (χ4v) is 2.83. The second-order valence-corrected chi connectivity index (χ2v) is 6.77. The molecule has 4 N–H and O–H groups in total. The average Bonchev–Trinajstić information content (AvgIpc) is 3.47. The van der Waals surface area contributed by atoms with Gasteiger partial charge in [0.2, 0.25) is 5.82 Å². The van der Waals surface area contributed by atoms with Crippen LogP contribution in [0.1, 0.15) is 17.0 Å². The van der Waals surface area contributed by atoms with Crippen LogP contribution in [0.2, 0.25) is 0 Å². The van der Waals surface area contributed by atoms with E-state index in [4.69, 9.17) is 24.6 Å². The molecule has 0 spiro atoms. The van der Waals surface area contributed by atoms with Crippen LogP contribution in [0.3, 0.4) is 0 Å². The highest BCUT2D eigenvalue weighted by atomic mass is 19.4. The number of imidazole rings is 1. The van der Waals surface area contributed by atoms with E-state index in [2.05, 4.69) is 15.1 Å². The number of nitrogens with one attached hydrogen (secondary N) is 1. The molecule has 0 amide bonds. The molecule has 0 atom stereocenters. The van der Waals surface area contributed by atoms with Gasteiger partial charge in [-0.3, -0.25) is 4.57 Å². The normalized spacial score (nSPS) is 11.2. The largest absolute Gasteiger partial charge is 0.490 e. The number of halogens is 3. The third kappa shape index (κ3) is 5.20. The number of carboxylic acid groups (broad SMARTS) is 1. The lowest BCUT2D eigenvalue weighted by Gasteiger charge is -2.04. The van der Waals surface area contributed by atoms with E-state index >= 15 is 0 Å². The highest BCUT2D eigenvalue weighted by Gasteiger charge is 2.38. The Kier molecular flexibility index (Phi) is 6.53. The molecule has 0 bridgehead atoms. The molecule has 174 valence electrons. The van der Waals surface area contributed by atoms with E-state index in [1.807, 2.05) is 44.2 Å². The number of aromatic amines is 1. The topological polar surface area (TPSA) is 153 Å². The smallest absolute Gasteiger partial charge is 0.475 e. The summed E-state index contributed by atoms with van der Waals surface area (Å²) in [6.45, 7) is 4.06. The molecule has 10 nitrogen and oxygen atoms in total. The molecule has 4 aromatic rings. The van der Waals surface area contributed by atoms with Gasteiger partial charge in [0.15, 0.2) is 5.76 Å². The van der Waals surface area contributed by atoms with Gasteiger partial charge in [0.05, 0.1) is 12.2 Å². The third-order valence-electron chi connectivity index (χ3n) is 4.38. The number of benzene rings is 1. The molecule has 0 fully saturated rings. The van der Waals surface area contributed by atoms with Crippen molar-refractivity contribution in [3.63, 3.8) is 0 Å². The van der Waals surface area contributed by atoms with Gasteiger partial charge in [-0.1, -0.05) is 5.16 Å². The van der Waals surface area contributed by atoms with Gasteiger partial charge in [-0.05, 0) is 44.2 Å². The summed E-state index contributed by atoms with van der Waals surface area (Å²) in [6, 6.07) is 9.19. The van der Waals surface area contributed by atoms with Crippen LogP contribution in [-0.4, -0.2) is 36.9 Å². The number of rotatable bonds is 4. The lowest BCUT2D eigenvalue weighted by molar-refractivity contribution is -0.192. The predicted octanol–water partition coefficient (Wildman–Crippen LogP) is 3.18. The van der Waals surface area contributed by atoms with E-state index in [0.29, 0.717) is 29.8 Å². The molecule has 0 saturated heterocycles. The van der Waals surface area contributed by atoms with E-state index in [-0.39, 0.29) is 5.69 Å². The van der Waals surface area contributed by atoms with Gasteiger partial charge in [0.25, 0.3) is 5.89 Å². The van der Waals surface area contributed by atoms with Crippen molar-refractivity contribution in [3.05, 3.63) is 64.0 Å². The fraction of sp³-hybridized carbons (Fsp3) is 0.200. The number of carboxylic acids is 1. The van der Waals surface area contributed by atoms with Crippen LogP contribution in [0.4, 0.5) is 13.2 Å². The van der Waals surface area contributed by atoms with Crippen molar-refractivity contribution in [1.82, 2.24) is 19.7 Å². The summed E-state index contributed by atoms with van der Waals surface area (Å²) in [4.78, 5) is 27.8. The quantitative estimate of drug-likeness (QED) is 0.415. The maximum Gasteiger partial charge on any atom is 0.490 e. The molecule has 13 heteroatoms. The number of furan rings is 1. The van der Waals surface area contributed by atoms with Crippen molar-refractivity contribution >= 4 is 5.97 Å². The summed E-state index contributed by atoms with van der Waals surface area (Å²) in [5, 5.41) is 11.1. The molecule has 0 aliphatic carbocycles. The Labute approximate surface area is 183 Å². The number of nitrogens with zero attached hydrogens (tertiary/aromatic N) is 3. The van der Waals surface area contributed by atoms with Gasteiger partial charge in [-0.25, -0.2) is 9.59 Å². The van der Waals surface area contributed by atoms with E-state index in [1.54, 1.807) is 10.8 Å². The van der Waals surface area contributed by atoms with Crippen molar-refractivity contribution in [3.8, 4) is 28.7 Å². The van der Waals surface area contributed by atoms with Gasteiger partial charge in [-0.15, -0.1) is 0 Å². The van der Waals surface area contributed by atoms with E-state index in [1.165, 1.54) is 0 Å². The zero-order valence-electron chi connectivity index (χ0n) is 17.3. The van der Waals surface area contributed by atoms with Crippen LogP contribution >= 0.6 is 0 Å². The maximum absolute atomic E-state index is 11.9. The second-order valence-electron chi connectivity index (χ2n) is 6.77. The van der Waals surface area contributed by atoms with Gasteiger partial charge < -0.3 is 24.8 Å². The van der Waals surface area contributed by atoms with Crippen molar-refractivity contribution in [1.29, 1.82) is 0 Å². The highest BCUT2D eigenvalue weighted by Crippen LogP contribution is 2.27. The van der Waals surface area contributed by atoms with Gasteiger partial charge in [0, 0.05) is 23.0 Å². The SMILES string of the molecule is Cc1cc(CN)oc1-c1nc(-c2ccc(-n3c(C)c[nH]c3=O)cc2)no1.O=C(O)C(F)(F)F. The predicted molar refractivity (Wildman–Crippen MR) is 108 cm³/mol. The number of hydrogen-bond acceptors (Lipinski definition) is 7. The molecule has 0 unspecified atom stereocenters. The van der Waals surface area contributed by atoms with Crippen molar-refractivity contribution in [2.45, 2.75) is 26.6 Å². The zero-order chi connectivity index (χ0) is 24.3. The van der Waals surface area contributed by atoms with Crippen LogP contribution in [-0.2, 0) is 11.3 Å². The summed E-state index contributed by atoms with van der Waals surface area (Å²) < 4.78 is 44.3. The summed E-state index contributed by atoms with van der Waals surface area (Å²) in [6.07, 6.45) is -3.41. The minimum atomic E-state index is -5.08. The van der Waals surface area contributed by atoms with E-state index in [9.17, 15) is 18.0 Å². The minimum absolute atomic E-state index is 0.180. The number of aryl methyl sites for hydroxylation is 2. The maximum atomic E-state index is 11.9. The van der Waals surface area contributed by atoms with Gasteiger partial charge in [-0.2, -0.15) is 18.2 Å². The number of alkyl halides is 3. The van der Waals surface area contributed by atoms with Crippen molar-refractivity contribution < 1.29 is 32.0 Å². The number of carbonyl (C=O) groups is 1. The molecule has 0 radical (unpaired) electrons. The molecule has 3 heterocycles. The molecule has 0 aliphatic heterocycles. The number of aromatic nitrogens is 4. The van der Waals surface area contributed by atoms with Crippen LogP contribution in [0.25, 0.3) is 28.7 Å². The Morgan fingerprint density at radius 1 is 1.24 bits per heavy atom. The number of H-pyrrole nitrogens is 1. The molecular formula is C20H18F3N5O5. The van der Waals surface area contributed by atoms with Crippen LogP contribution in [0, 0.1) is 13.8 Å². The van der Waals surface area contributed by atoms with Crippen molar-refractivity contribution in [2.24, 2.45) is 5.73 Å². The Hall–Kier alpha value is -4.13. The standard InChI is InChI=1S/C18H17N5O3.C2HF3O2/c1-10-7-14(8-19)25-15(10)17-21-16(22-26-17)12-3-5-13(6-4-12)23-11(2)9-20-18(23)24;3-2(4,5)1(6)7/h3-7,9H,8,19H2,1-2H3,(H,20,24);(H,6,7). The Balaban J connectivity index is 0.000000383. The third-order valence-corrected chi connectivity index (χ3v) is 4.38. The van der Waals surface area contributed by atoms with Crippen LogP contribution in [0.5, 0.6) is 0 Å². The monoisotopic (exact) mass is 465 g/mol. The number of aliphatic carboxylic acids is 1. The van der Waals surface area contributed by atoms with Crippen LogP contribution < -0.4 is 11.4 Å². The van der Waals surface area contributed by atoms with Crippen molar-refractivity contribution in [2.75, 3.05) is 0 Å². The summed E-state index contributed by atoms with van der Waals surface area (Å²) in [5.74, 6) is -0.828. The first kappa shape index (κ1) is 23.5. The summed E-state index contributed by atoms with van der Waals surface area (Å²) in [5.41, 5.74) is 8.66. The number of nitrogens with two attached hydrogens (primary N) is 1. The Bertz CT molecular complexity index is 1320. The average molecular weight is 465 g/mol. The van der Waals surface area contributed by atoms with Gasteiger partial charge in [0.1, 0.15) is 5.76 Å². The lowest BCUT2D eigenvalue weighted by atomic mass is 10.2. The molecule has 33 heavy (non-hydrogen) atoms. The molecule has 0 aliphatic rings.